The summed E-state index contributed by atoms with van der Waals surface area (Å²) >= 11 is 1.85. The lowest BCUT2D eigenvalue weighted by Crippen LogP contribution is -2.29. The van der Waals surface area contributed by atoms with Crippen LogP contribution in [0.3, 0.4) is 0 Å². The lowest BCUT2D eigenvalue weighted by Gasteiger charge is -2.35. The molecule has 346 valence electrons. The van der Waals surface area contributed by atoms with Gasteiger partial charge < -0.3 is 9.32 Å². The van der Waals surface area contributed by atoms with E-state index in [1.165, 1.54) is 92.1 Å². The van der Waals surface area contributed by atoms with Crippen LogP contribution in [0.4, 0.5) is 17.1 Å². The molecule has 1 atom stereocenters. The first kappa shape index (κ1) is 42.4. The Morgan fingerprint density at radius 2 is 0.932 bits per heavy atom. The molecule has 74 heavy (non-hydrogen) atoms. The minimum absolute atomic E-state index is 0.667. The van der Waals surface area contributed by atoms with Crippen molar-refractivity contribution < 1.29 is 4.42 Å². The Morgan fingerprint density at radius 3 is 1.76 bits per heavy atom. The van der Waals surface area contributed by atoms with Gasteiger partial charge in [-0.15, -0.1) is 11.3 Å². The van der Waals surface area contributed by atoms with E-state index in [0.29, 0.717) is 0 Å². The normalized spacial score (nSPS) is 14.0. The van der Waals surface area contributed by atoms with E-state index in [1.807, 2.05) is 11.3 Å². The van der Waals surface area contributed by atoms with Crippen LogP contribution in [0.5, 0.6) is 0 Å². The van der Waals surface area contributed by atoms with Crippen molar-refractivity contribution in [1.29, 1.82) is 0 Å². The van der Waals surface area contributed by atoms with Gasteiger partial charge in [-0.25, -0.2) is 0 Å². The van der Waals surface area contributed by atoms with Crippen LogP contribution in [0.1, 0.15) is 22.3 Å². The van der Waals surface area contributed by atoms with E-state index < -0.39 is 5.41 Å². The Balaban J connectivity index is 1.03. The maximum Gasteiger partial charge on any atom is 0.137 e. The number of furan rings is 1. The first-order chi connectivity index (χ1) is 36.7. The van der Waals surface area contributed by atoms with Crippen molar-refractivity contribution in [1.82, 2.24) is 0 Å². The van der Waals surface area contributed by atoms with Crippen molar-refractivity contribution in [2.45, 2.75) is 5.41 Å². The Labute approximate surface area is 433 Å². The first-order valence-corrected chi connectivity index (χ1v) is 26.2. The molecular formula is C71H45NOS. The van der Waals surface area contributed by atoms with E-state index in [1.54, 1.807) is 0 Å². The Morgan fingerprint density at radius 1 is 0.338 bits per heavy atom. The average Bonchev–Trinajstić information content (AvgIpc) is 4.21. The van der Waals surface area contributed by atoms with Crippen LogP contribution < -0.4 is 4.90 Å². The lowest BCUT2D eigenvalue weighted by molar-refractivity contribution is 0.669. The maximum atomic E-state index is 6.82. The smallest absolute Gasteiger partial charge is 0.137 e. The largest absolute Gasteiger partial charge is 0.456 e. The van der Waals surface area contributed by atoms with Crippen LogP contribution in [-0.4, -0.2) is 0 Å². The van der Waals surface area contributed by atoms with Crippen molar-refractivity contribution in [3.63, 3.8) is 0 Å². The molecule has 0 bridgehead atoms. The van der Waals surface area contributed by atoms with E-state index in [4.69, 9.17) is 4.42 Å². The third-order valence-corrected chi connectivity index (χ3v) is 16.7. The number of thiophene rings is 1. The van der Waals surface area contributed by atoms with Gasteiger partial charge in [-0.1, -0.05) is 212 Å². The van der Waals surface area contributed by atoms with E-state index in [0.717, 1.165) is 44.6 Å². The standard InChI is InChI=1S/C71H45NOS/c1-4-19-46(20-5-1)49-39-41-64-58(43-49)69-62(35-17-37-65(69)73-64)72(63-36-18-38-67-70(63)59-44-50(40-42-66(59)74-67)47-21-6-2-7-22-47)53-28-15-27-52(45-53)71(51-25-8-3-9-26-51)60-33-13-12-30-57(60)68-56(32-16-34-61(68)71)55-31-14-24-48-23-10-11-29-54(48)55/h1-45H. The maximum absolute atomic E-state index is 6.82. The van der Waals surface area contributed by atoms with Gasteiger partial charge in [-0.3, -0.25) is 0 Å². The molecule has 12 aromatic carbocycles. The van der Waals surface area contributed by atoms with Gasteiger partial charge in [-0.2, -0.15) is 0 Å². The van der Waals surface area contributed by atoms with Gasteiger partial charge in [0.2, 0.25) is 0 Å². The van der Waals surface area contributed by atoms with E-state index in [9.17, 15) is 0 Å². The quantitative estimate of drug-likeness (QED) is 0.151. The second-order valence-corrected chi connectivity index (χ2v) is 20.5. The third kappa shape index (κ3) is 6.43. The summed E-state index contributed by atoms with van der Waals surface area (Å²) in [5.41, 5.74) is 18.9. The van der Waals surface area contributed by atoms with E-state index >= 15 is 0 Å². The van der Waals surface area contributed by atoms with Gasteiger partial charge >= 0.3 is 0 Å². The summed E-state index contributed by atoms with van der Waals surface area (Å²) in [5, 5.41) is 7.09. The summed E-state index contributed by atoms with van der Waals surface area (Å²) in [4.78, 5) is 2.52. The molecule has 2 heterocycles. The molecule has 0 amide bonds. The molecule has 0 N–H and O–H groups in total. The Hall–Kier alpha value is -9.28. The second kappa shape index (κ2) is 16.9. The van der Waals surface area contributed by atoms with E-state index in [2.05, 4.69) is 278 Å². The highest BCUT2D eigenvalue weighted by Crippen LogP contribution is 2.59. The van der Waals surface area contributed by atoms with Gasteiger partial charge in [0.25, 0.3) is 0 Å². The van der Waals surface area contributed by atoms with Gasteiger partial charge in [0.15, 0.2) is 0 Å². The molecule has 0 spiro atoms. The molecule has 0 fully saturated rings. The summed E-state index contributed by atoms with van der Waals surface area (Å²) < 4.78 is 9.31. The molecule has 2 aromatic heterocycles. The number of benzene rings is 12. The van der Waals surface area contributed by atoms with Crippen molar-refractivity contribution >= 4 is 81.3 Å². The number of nitrogens with zero attached hydrogens (tertiary/aromatic N) is 1. The molecular weight excluding hydrogens is 915 g/mol. The molecule has 2 nitrogen and oxygen atoms in total. The third-order valence-electron chi connectivity index (χ3n) is 15.5. The minimum atomic E-state index is -0.667. The SMILES string of the molecule is c1ccc(-c2ccc3oc4cccc(N(c5cccc(C6(c7ccccc7)c7ccccc7-c7c(-c8cccc9ccccc89)cccc76)c5)c5cccc6sc7ccc(-c8ccccc8)cc7c56)c4c3c2)cc1. The Bertz CT molecular complexity index is 4330. The number of rotatable bonds is 8. The lowest BCUT2D eigenvalue weighted by atomic mass is 9.67. The van der Waals surface area contributed by atoms with Crippen LogP contribution in [0.2, 0.25) is 0 Å². The topological polar surface area (TPSA) is 16.4 Å². The zero-order valence-electron chi connectivity index (χ0n) is 40.2. The fourth-order valence-corrected chi connectivity index (χ4v) is 13.5. The molecule has 0 saturated heterocycles. The molecule has 0 radical (unpaired) electrons. The highest BCUT2D eigenvalue weighted by atomic mass is 32.1. The minimum Gasteiger partial charge on any atom is -0.456 e. The molecule has 0 aliphatic heterocycles. The molecule has 3 heteroatoms. The van der Waals surface area contributed by atoms with Crippen LogP contribution in [0.25, 0.3) is 97.4 Å². The van der Waals surface area contributed by atoms with Gasteiger partial charge in [-0.05, 0) is 138 Å². The highest BCUT2D eigenvalue weighted by Gasteiger charge is 2.47. The summed E-state index contributed by atoms with van der Waals surface area (Å²) in [6.45, 7) is 0. The molecule has 1 aliphatic carbocycles. The number of hydrogen-bond acceptors (Lipinski definition) is 3. The van der Waals surface area contributed by atoms with Crippen molar-refractivity contribution in [3.05, 3.63) is 295 Å². The summed E-state index contributed by atoms with van der Waals surface area (Å²) in [6, 6.07) is 101. The van der Waals surface area contributed by atoms with Gasteiger partial charge in [0.05, 0.1) is 22.2 Å². The van der Waals surface area contributed by atoms with Crippen molar-refractivity contribution in [3.8, 4) is 44.5 Å². The summed E-state index contributed by atoms with van der Waals surface area (Å²) in [5.74, 6) is 0. The average molecular weight is 960 g/mol. The fourth-order valence-electron chi connectivity index (χ4n) is 12.4. The van der Waals surface area contributed by atoms with Gasteiger partial charge in [0, 0.05) is 31.2 Å². The van der Waals surface area contributed by atoms with Gasteiger partial charge in [0.1, 0.15) is 11.2 Å². The zero-order valence-corrected chi connectivity index (χ0v) is 41.1. The molecule has 14 aromatic rings. The van der Waals surface area contributed by atoms with E-state index in [-0.39, 0.29) is 0 Å². The fraction of sp³-hybridized carbons (Fsp3) is 0.0141. The number of fused-ring (bicyclic) bond motifs is 10. The van der Waals surface area contributed by atoms with Crippen molar-refractivity contribution in [2.75, 3.05) is 4.90 Å². The van der Waals surface area contributed by atoms with Crippen LogP contribution >= 0.6 is 11.3 Å². The monoisotopic (exact) mass is 959 g/mol. The number of anilines is 3. The van der Waals surface area contributed by atoms with Crippen LogP contribution in [0, 0.1) is 0 Å². The first-order valence-electron chi connectivity index (χ1n) is 25.4. The van der Waals surface area contributed by atoms with Crippen molar-refractivity contribution in [2.24, 2.45) is 0 Å². The second-order valence-electron chi connectivity index (χ2n) is 19.5. The summed E-state index contributed by atoms with van der Waals surface area (Å²) in [7, 11) is 0. The Kier molecular flexibility index (Phi) is 9.70. The predicted molar refractivity (Wildman–Crippen MR) is 312 cm³/mol. The molecule has 1 unspecified atom stereocenters. The number of hydrogen-bond donors (Lipinski definition) is 0. The van der Waals surface area contributed by atoms with Crippen LogP contribution in [0.15, 0.2) is 277 Å². The predicted octanol–water partition coefficient (Wildman–Crippen LogP) is 19.9. The van der Waals surface area contributed by atoms with Crippen LogP contribution in [-0.2, 0) is 5.41 Å². The summed E-state index contributed by atoms with van der Waals surface area (Å²) in [6.07, 6.45) is 0. The molecule has 0 saturated carbocycles. The molecule has 15 rings (SSSR count). The zero-order chi connectivity index (χ0) is 48.7. The highest BCUT2D eigenvalue weighted by molar-refractivity contribution is 7.26. The molecule has 1 aliphatic rings.